The molecule has 1 aliphatic heterocycles. The van der Waals surface area contributed by atoms with E-state index >= 15 is 0 Å². The van der Waals surface area contributed by atoms with Crippen LogP contribution >= 0.6 is 0 Å². The Kier molecular flexibility index (Phi) is 4.56. The van der Waals surface area contributed by atoms with Crippen LogP contribution in [0.2, 0.25) is 0 Å². The highest BCUT2D eigenvalue weighted by atomic mass is 16.5. The molecule has 0 bridgehead atoms. The van der Waals surface area contributed by atoms with Gasteiger partial charge < -0.3 is 14.2 Å². The smallest absolute Gasteiger partial charge is 0.194 e. The van der Waals surface area contributed by atoms with Gasteiger partial charge >= 0.3 is 0 Å². The summed E-state index contributed by atoms with van der Waals surface area (Å²) in [6.45, 7) is 3.68. The van der Waals surface area contributed by atoms with Crippen molar-refractivity contribution in [1.29, 1.82) is 0 Å². The summed E-state index contributed by atoms with van der Waals surface area (Å²) in [5.41, 5.74) is -0.0713. The number of benzene rings is 1. The molecule has 4 nitrogen and oxygen atoms in total. The molecule has 1 aromatic rings. The summed E-state index contributed by atoms with van der Waals surface area (Å²) >= 11 is 0. The molecule has 0 radical (unpaired) electrons. The molecule has 1 saturated heterocycles. The maximum atomic E-state index is 12.6. The average Bonchev–Trinajstić information content (AvgIpc) is 2.48. The van der Waals surface area contributed by atoms with Gasteiger partial charge in [-0.15, -0.1) is 0 Å². The molecule has 2 rings (SSSR count). The molecule has 1 aliphatic rings. The highest BCUT2D eigenvalue weighted by molar-refractivity contribution is 6.02. The number of hydrogen-bond donors (Lipinski definition) is 0. The van der Waals surface area contributed by atoms with E-state index in [-0.39, 0.29) is 5.78 Å². The molecule has 0 unspecified atom stereocenters. The summed E-state index contributed by atoms with van der Waals surface area (Å²) in [5.74, 6) is 0.804. The standard InChI is InChI=1S/C15H20O4/c1-3-19-13-6-4-12(5-7-13)14(16)15(17-2)8-10-18-11-9-15/h4-7H,3,8-11H2,1-2H3. The Labute approximate surface area is 113 Å². The molecule has 19 heavy (non-hydrogen) atoms. The number of carbonyl (C=O) groups excluding carboxylic acids is 1. The van der Waals surface area contributed by atoms with E-state index in [1.807, 2.05) is 19.1 Å². The van der Waals surface area contributed by atoms with Gasteiger partial charge in [0.1, 0.15) is 11.4 Å². The first-order chi connectivity index (χ1) is 9.22. The third kappa shape index (κ3) is 2.96. The molecule has 4 heteroatoms. The molecule has 0 saturated carbocycles. The van der Waals surface area contributed by atoms with E-state index in [1.54, 1.807) is 19.2 Å². The summed E-state index contributed by atoms with van der Waals surface area (Å²) in [7, 11) is 1.60. The van der Waals surface area contributed by atoms with E-state index in [1.165, 1.54) is 0 Å². The molecule has 104 valence electrons. The number of methoxy groups -OCH3 is 1. The zero-order valence-electron chi connectivity index (χ0n) is 11.5. The van der Waals surface area contributed by atoms with Gasteiger partial charge in [-0.05, 0) is 31.2 Å². The van der Waals surface area contributed by atoms with Crippen LogP contribution in [0.25, 0.3) is 0 Å². The largest absolute Gasteiger partial charge is 0.494 e. The van der Waals surface area contributed by atoms with Crippen LogP contribution < -0.4 is 4.74 Å². The second-order valence-corrected chi connectivity index (χ2v) is 4.60. The number of hydrogen-bond acceptors (Lipinski definition) is 4. The molecule has 1 aromatic carbocycles. The number of rotatable bonds is 5. The van der Waals surface area contributed by atoms with Gasteiger partial charge in [-0.25, -0.2) is 0 Å². The van der Waals surface area contributed by atoms with E-state index in [0.717, 1.165) is 5.75 Å². The summed E-state index contributed by atoms with van der Waals surface area (Å²) in [6, 6.07) is 7.23. The molecule has 0 amide bonds. The fourth-order valence-electron chi connectivity index (χ4n) is 2.36. The van der Waals surface area contributed by atoms with Crippen LogP contribution in [-0.2, 0) is 9.47 Å². The van der Waals surface area contributed by atoms with E-state index < -0.39 is 5.60 Å². The summed E-state index contributed by atoms with van der Waals surface area (Å²) in [5, 5.41) is 0. The maximum absolute atomic E-state index is 12.6. The molecule has 0 spiro atoms. The van der Waals surface area contributed by atoms with Crippen molar-refractivity contribution in [2.75, 3.05) is 26.9 Å². The van der Waals surface area contributed by atoms with Crippen LogP contribution in [0.4, 0.5) is 0 Å². The number of ketones is 1. The minimum atomic E-state index is -0.731. The van der Waals surface area contributed by atoms with E-state index in [4.69, 9.17) is 14.2 Å². The predicted octanol–water partition coefficient (Wildman–Crippen LogP) is 2.46. The van der Waals surface area contributed by atoms with Crippen LogP contribution in [-0.4, -0.2) is 38.3 Å². The van der Waals surface area contributed by atoms with Crippen molar-refractivity contribution in [3.8, 4) is 5.75 Å². The number of ether oxygens (including phenoxy) is 3. The first-order valence-corrected chi connectivity index (χ1v) is 6.62. The Morgan fingerprint density at radius 3 is 2.42 bits per heavy atom. The quantitative estimate of drug-likeness (QED) is 0.766. The Hall–Kier alpha value is -1.39. The highest BCUT2D eigenvalue weighted by Crippen LogP contribution is 2.29. The zero-order chi connectivity index (χ0) is 13.7. The molecule has 0 atom stereocenters. The van der Waals surface area contributed by atoms with Crippen molar-refractivity contribution >= 4 is 5.78 Å². The first-order valence-electron chi connectivity index (χ1n) is 6.62. The zero-order valence-corrected chi connectivity index (χ0v) is 11.5. The third-order valence-corrected chi connectivity index (χ3v) is 3.53. The van der Waals surface area contributed by atoms with Crippen LogP contribution in [0, 0.1) is 0 Å². The molecule has 1 fully saturated rings. The van der Waals surface area contributed by atoms with Crippen molar-refractivity contribution in [1.82, 2.24) is 0 Å². The van der Waals surface area contributed by atoms with Gasteiger partial charge in [-0.1, -0.05) is 0 Å². The Balaban J connectivity index is 2.17. The van der Waals surface area contributed by atoms with Gasteiger partial charge in [0.05, 0.1) is 6.61 Å². The lowest BCUT2D eigenvalue weighted by Crippen LogP contribution is -2.45. The lowest BCUT2D eigenvalue weighted by molar-refractivity contribution is -0.0663. The fourth-order valence-corrected chi connectivity index (χ4v) is 2.36. The van der Waals surface area contributed by atoms with Crippen LogP contribution in [0.1, 0.15) is 30.1 Å². The highest BCUT2D eigenvalue weighted by Gasteiger charge is 2.40. The predicted molar refractivity (Wildman–Crippen MR) is 71.7 cm³/mol. The van der Waals surface area contributed by atoms with E-state index in [2.05, 4.69) is 0 Å². The molecular formula is C15H20O4. The normalized spacial score (nSPS) is 18.0. The van der Waals surface area contributed by atoms with Crippen molar-refractivity contribution in [3.05, 3.63) is 29.8 Å². The molecule has 0 aliphatic carbocycles. The van der Waals surface area contributed by atoms with Crippen molar-refractivity contribution < 1.29 is 19.0 Å². The molecule has 1 heterocycles. The first kappa shape index (κ1) is 14.0. The molecule has 0 N–H and O–H groups in total. The second-order valence-electron chi connectivity index (χ2n) is 4.60. The molecule has 0 aromatic heterocycles. The van der Waals surface area contributed by atoms with E-state index in [9.17, 15) is 4.79 Å². The van der Waals surface area contributed by atoms with Gasteiger partial charge in [-0.3, -0.25) is 4.79 Å². The summed E-state index contributed by atoms with van der Waals surface area (Å²) in [6.07, 6.45) is 1.21. The van der Waals surface area contributed by atoms with Crippen LogP contribution in [0.3, 0.4) is 0 Å². The average molecular weight is 264 g/mol. The SMILES string of the molecule is CCOc1ccc(C(=O)C2(OC)CCOCC2)cc1. The fraction of sp³-hybridized carbons (Fsp3) is 0.533. The van der Waals surface area contributed by atoms with Gasteiger partial charge in [-0.2, -0.15) is 0 Å². The minimum absolute atomic E-state index is 0.0290. The second kappa shape index (κ2) is 6.17. The Bertz CT molecular complexity index is 418. The maximum Gasteiger partial charge on any atom is 0.194 e. The van der Waals surface area contributed by atoms with Gasteiger partial charge in [0.15, 0.2) is 5.78 Å². The minimum Gasteiger partial charge on any atom is -0.494 e. The molecular weight excluding hydrogens is 244 g/mol. The third-order valence-electron chi connectivity index (χ3n) is 3.53. The lowest BCUT2D eigenvalue weighted by Gasteiger charge is -2.34. The summed E-state index contributed by atoms with van der Waals surface area (Å²) < 4.78 is 16.2. The Morgan fingerprint density at radius 1 is 1.26 bits per heavy atom. The monoisotopic (exact) mass is 264 g/mol. The van der Waals surface area contributed by atoms with Crippen molar-refractivity contribution in [2.24, 2.45) is 0 Å². The van der Waals surface area contributed by atoms with E-state index in [0.29, 0.717) is 38.2 Å². The van der Waals surface area contributed by atoms with Gasteiger partial charge in [0.25, 0.3) is 0 Å². The van der Waals surface area contributed by atoms with Crippen LogP contribution in [0.15, 0.2) is 24.3 Å². The summed E-state index contributed by atoms with van der Waals surface area (Å²) in [4.78, 5) is 12.6. The number of carbonyl (C=O) groups is 1. The lowest BCUT2D eigenvalue weighted by atomic mass is 9.85. The topological polar surface area (TPSA) is 44.8 Å². The van der Waals surface area contributed by atoms with Crippen LogP contribution in [0.5, 0.6) is 5.75 Å². The van der Waals surface area contributed by atoms with Gasteiger partial charge in [0, 0.05) is 38.7 Å². The number of Topliss-reactive ketones (excluding diaryl/α,β-unsaturated/α-hetero) is 1. The van der Waals surface area contributed by atoms with Gasteiger partial charge in [0.2, 0.25) is 0 Å². The Morgan fingerprint density at radius 2 is 1.89 bits per heavy atom. The van der Waals surface area contributed by atoms with Crippen molar-refractivity contribution in [3.63, 3.8) is 0 Å². The van der Waals surface area contributed by atoms with Crippen molar-refractivity contribution in [2.45, 2.75) is 25.4 Å².